The summed E-state index contributed by atoms with van der Waals surface area (Å²) in [5.41, 5.74) is 1.71. The number of benzene rings is 1. The highest BCUT2D eigenvalue weighted by Crippen LogP contribution is 2.09. The molecule has 1 N–H and O–H groups in total. The van der Waals surface area contributed by atoms with Crippen molar-refractivity contribution in [1.29, 1.82) is 0 Å². The van der Waals surface area contributed by atoms with Gasteiger partial charge in [0, 0.05) is 41.5 Å². The lowest BCUT2D eigenvalue weighted by Gasteiger charge is -2.06. The molecule has 0 saturated carbocycles. The molecule has 2 nitrogen and oxygen atoms in total. The van der Waals surface area contributed by atoms with Crippen LogP contribution in [-0.2, 0) is 17.3 Å². The van der Waals surface area contributed by atoms with Crippen molar-refractivity contribution in [2.75, 3.05) is 18.6 Å². The van der Waals surface area contributed by atoms with Gasteiger partial charge in [-0.15, -0.1) is 0 Å². The van der Waals surface area contributed by atoms with E-state index in [1.54, 1.807) is 12.3 Å². The molecular formula is C11H16FNOS. The van der Waals surface area contributed by atoms with Crippen molar-refractivity contribution in [2.45, 2.75) is 13.5 Å². The zero-order chi connectivity index (χ0) is 11.3. The summed E-state index contributed by atoms with van der Waals surface area (Å²) >= 11 is 0. The predicted molar refractivity (Wildman–Crippen MR) is 61.8 cm³/mol. The molecule has 84 valence electrons. The van der Waals surface area contributed by atoms with Gasteiger partial charge < -0.3 is 5.32 Å². The van der Waals surface area contributed by atoms with Crippen molar-refractivity contribution >= 4 is 10.8 Å². The summed E-state index contributed by atoms with van der Waals surface area (Å²) in [6.45, 7) is 3.07. The second kappa shape index (κ2) is 5.98. The number of halogens is 1. The monoisotopic (exact) mass is 229 g/mol. The first kappa shape index (κ1) is 12.3. The summed E-state index contributed by atoms with van der Waals surface area (Å²) in [5.74, 6) is 0.415. The predicted octanol–water partition coefficient (Wildman–Crippen LogP) is 1.60. The molecule has 15 heavy (non-hydrogen) atoms. The summed E-state index contributed by atoms with van der Waals surface area (Å²) in [4.78, 5) is 0. The Hall–Kier alpha value is -0.740. The first-order chi connectivity index (χ1) is 7.09. The van der Waals surface area contributed by atoms with Gasteiger partial charge in [0.1, 0.15) is 5.82 Å². The van der Waals surface area contributed by atoms with E-state index in [1.807, 2.05) is 13.0 Å². The molecule has 0 aliphatic rings. The van der Waals surface area contributed by atoms with Crippen LogP contribution in [0.1, 0.15) is 11.1 Å². The average molecular weight is 229 g/mol. The molecule has 0 spiro atoms. The summed E-state index contributed by atoms with van der Waals surface area (Å²) in [6.07, 6.45) is 1.66. The average Bonchev–Trinajstić information content (AvgIpc) is 2.17. The minimum Gasteiger partial charge on any atom is -0.312 e. The van der Waals surface area contributed by atoms with E-state index >= 15 is 0 Å². The fraction of sp³-hybridized carbons (Fsp3) is 0.455. The lowest BCUT2D eigenvalue weighted by molar-refractivity contribution is 0.592. The van der Waals surface area contributed by atoms with Gasteiger partial charge in [0.25, 0.3) is 0 Å². The van der Waals surface area contributed by atoms with Crippen LogP contribution in [0, 0.1) is 12.7 Å². The number of hydrogen-bond acceptors (Lipinski definition) is 2. The molecule has 0 bridgehead atoms. The van der Waals surface area contributed by atoms with Gasteiger partial charge in [-0.1, -0.05) is 17.7 Å². The molecule has 0 aliphatic heterocycles. The lowest BCUT2D eigenvalue weighted by atomic mass is 10.1. The molecule has 0 amide bonds. The Labute approximate surface area is 92.3 Å². The van der Waals surface area contributed by atoms with Crippen LogP contribution in [0.2, 0.25) is 0 Å². The minimum absolute atomic E-state index is 0.189. The first-order valence-electron chi connectivity index (χ1n) is 4.85. The van der Waals surface area contributed by atoms with Gasteiger partial charge in [-0.25, -0.2) is 4.39 Å². The zero-order valence-electron chi connectivity index (χ0n) is 9.05. The smallest absolute Gasteiger partial charge is 0.127 e. The molecule has 0 saturated heterocycles. The van der Waals surface area contributed by atoms with Crippen LogP contribution in [0.25, 0.3) is 0 Å². The molecule has 1 aromatic carbocycles. The Balaban J connectivity index is 2.43. The fourth-order valence-corrected chi connectivity index (χ4v) is 1.71. The Bertz CT molecular complexity index is 354. The third-order valence-electron chi connectivity index (χ3n) is 2.08. The summed E-state index contributed by atoms with van der Waals surface area (Å²) in [6, 6.07) is 5.05. The first-order valence-corrected chi connectivity index (χ1v) is 6.58. The molecule has 4 heteroatoms. The maximum absolute atomic E-state index is 13.3. The second-order valence-corrected chi connectivity index (χ2v) is 5.10. The quantitative estimate of drug-likeness (QED) is 0.777. The van der Waals surface area contributed by atoms with Crippen molar-refractivity contribution in [3.8, 4) is 0 Å². The van der Waals surface area contributed by atoms with Crippen LogP contribution < -0.4 is 5.32 Å². The maximum Gasteiger partial charge on any atom is 0.127 e. The van der Waals surface area contributed by atoms with Gasteiger partial charge in [0.15, 0.2) is 0 Å². The Morgan fingerprint density at radius 1 is 1.47 bits per heavy atom. The standard InChI is InChI=1S/C11H16FNOS/c1-9-3-4-11(12)10(7-9)8-13-5-6-15(2)14/h3-4,7,13H,5-6,8H2,1-2H3/t15-/m1/s1. The molecule has 1 rings (SSSR count). The van der Waals surface area contributed by atoms with E-state index in [-0.39, 0.29) is 5.82 Å². The van der Waals surface area contributed by atoms with Crippen LogP contribution >= 0.6 is 0 Å². The fourth-order valence-electron chi connectivity index (χ4n) is 1.28. The van der Waals surface area contributed by atoms with Gasteiger partial charge in [0.2, 0.25) is 0 Å². The highest BCUT2D eigenvalue weighted by atomic mass is 32.2. The Morgan fingerprint density at radius 2 is 2.20 bits per heavy atom. The number of hydrogen-bond donors (Lipinski definition) is 1. The van der Waals surface area contributed by atoms with E-state index in [0.29, 0.717) is 24.4 Å². The van der Waals surface area contributed by atoms with E-state index in [9.17, 15) is 8.60 Å². The Kier molecular flexibility index (Phi) is 4.91. The van der Waals surface area contributed by atoms with Crippen molar-refractivity contribution in [3.63, 3.8) is 0 Å². The van der Waals surface area contributed by atoms with E-state index in [0.717, 1.165) is 5.56 Å². The highest BCUT2D eigenvalue weighted by molar-refractivity contribution is 7.84. The maximum atomic E-state index is 13.3. The van der Waals surface area contributed by atoms with E-state index in [4.69, 9.17) is 0 Å². The number of nitrogens with one attached hydrogen (secondary N) is 1. The summed E-state index contributed by atoms with van der Waals surface area (Å²) < 4.78 is 24.0. The van der Waals surface area contributed by atoms with Gasteiger partial charge in [0.05, 0.1) is 0 Å². The van der Waals surface area contributed by atoms with Crippen molar-refractivity contribution < 1.29 is 8.60 Å². The van der Waals surface area contributed by atoms with Crippen LogP contribution in [0.5, 0.6) is 0 Å². The molecule has 0 aromatic heterocycles. The SMILES string of the molecule is Cc1ccc(F)c(CNCC[S@@](C)=O)c1. The van der Waals surface area contributed by atoms with Crippen LogP contribution in [-0.4, -0.2) is 22.8 Å². The van der Waals surface area contributed by atoms with Crippen molar-refractivity contribution in [2.24, 2.45) is 0 Å². The van der Waals surface area contributed by atoms with Crippen molar-refractivity contribution in [1.82, 2.24) is 5.32 Å². The lowest BCUT2D eigenvalue weighted by Crippen LogP contribution is -2.20. The summed E-state index contributed by atoms with van der Waals surface area (Å²) in [5, 5.41) is 3.07. The topological polar surface area (TPSA) is 29.1 Å². The Morgan fingerprint density at radius 3 is 2.87 bits per heavy atom. The molecule has 0 fully saturated rings. The number of aryl methyl sites for hydroxylation is 1. The summed E-state index contributed by atoms with van der Waals surface area (Å²) in [7, 11) is -0.789. The third kappa shape index (κ3) is 4.53. The molecule has 0 radical (unpaired) electrons. The van der Waals surface area contributed by atoms with Gasteiger partial charge in [-0.3, -0.25) is 4.21 Å². The highest BCUT2D eigenvalue weighted by Gasteiger charge is 2.01. The third-order valence-corrected chi connectivity index (χ3v) is 2.86. The van der Waals surface area contributed by atoms with Gasteiger partial charge in [-0.05, 0) is 13.0 Å². The van der Waals surface area contributed by atoms with Crippen LogP contribution in [0.3, 0.4) is 0 Å². The molecule has 1 aromatic rings. The van der Waals surface area contributed by atoms with E-state index in [1.165, 1.54) is 6.07 Å². The second-order valence-electron chi connectivity index (χ2n) is 3.55. The van der Waals surface area contributed by atoms with Crippen molar-refractivity contribution in [3.05, 3.63) is 35.1 Å². The molecule has 0 unspecified atom stereocenters. The van der Waals surface area contributed by atoms with E-state index in [2.05, 4.69) is 5.32 Å². The van der Waals surface area contributed by atoms with E-state index < -0.39 is 10.8 Å². The van der Waals surface area contributed by atoms with Crippen LogP contribution in [0.15, 0.2) is 18.2 Å². The normalized spacial score (nSPS) is 12.7. The minimum atomic E-state index is -0.789. The molecule has 0 heterocycles. The molecule has 0 aliphatic carbocycles. The van der Waals surface area contributed by atoms with Gasteiger partial charge >= 0.3 is 0 Å². The zero-order valence-corrected chi connectivity index (χ0v) is 9.86. The largest absolute Gasteiger partial charge is 0.312 e. The number of rotatable bonds is 5. The van der Waals surface area contributed by atoms with Crippen LogP contribution in [0.4, 0.5) is 4.39 Å². The molecule has 1 atom stereocenters. The van der Waals surface area contributed by atoms with Gasteiger partial charge in [-0.2, -0.15) is 0 Å². The molecular weight excluding hydrogens is 213 g/mol.